The van der Waals surface area contributed by atoms with Gasteiger partial charge in [0.2, 0.25) is 0 Å². The number of piperidine rings is 1. The van der Waals surface area contributed by atoms with E-state index in [1.807, 2.05) is 0 Å². The molecule has 14 heteroatoms. The maximum absolute atomic E-state index is 14.3. The lowest BCUT2D eigenvalue weighted by molar-refractivity contribution is -0.147. The largest absolute Gasteiger partial charge is 0.447 e. The molecule has 1 unspecified atom stereocenters. The van der Waals surface area contributed by atoms with Crippen molar-refractivity contribution >= 4 is 18.1 Å². The van der Waals surface area contributed by atoms with Crippen molar-refractivity contribution in [2.45, 2.75) is 75.5 Å². The number of hydrogen-bond acceptors (Lipinski definition) is 6. The van der Waals surface area contributed by atoms with Crippen molar-refractivity contribution in [3.8, 4) is 0 Å². The smallest absolute Gasteiger partial charge is 0.417 e. The molecule has 0 N–H and O–H groups in total. The lowest BCUT2D eigenvalue weighted by Gasteiger charge is -2.43. The third-order valence-corrected chi connectivity index (χ3v) is 8.93. The number of cyclic esters (lactones) is 1. The quantitative estimate of drug-likeness (QED) is 0.218. The summed E-state index contributed by atoms with van der Waals surface area (Å²) in [5.41, 5.74) is -4.24. The maximum atomic E-state index is 14.3. The van der Waals surface area contributed by atoms with Gasteiger partial charge in [0.15, 0.2) is 6.10 Å². The van der Waals surface area contributed by atoms with E-state index >= 15 is 0 Å². The number of rotatable bonds is 8. The fraction of sp³-hybridized carbons (Fsp3) is 0.432. The molecule has 3 aromatic carbocycles. The van der Waals surface area contributed by atoms with Gasteiger partial charge >= 0.3 is 24.5 Å². The van der Waals surface area contributed by atoms with Crippen molar-refractivity contribution in [1.29, 1.82) is 0 Å². The first-order valence-corrected chi connectivity index (χ1v) is 16.3. The van der Waals surface area contributed by atoms with Crippen molar-refractivity contribution in [1.82, 2.24) is 9.80 Å². The van der Waals surface area contributed by atoms with Gasteiger partial charge in [0, 0.05) is 18.5 Å². The Bertz CT molecular complexity index is 1670. The lowest BCUT2D eigenvalue weighted by atomic mass is 9.73. The third kappa shape index (κ3) is 9.02. The summed E-state index contributed by atoms with van der Waals surface area (Å²) in [6.07, 6.45) is -13.5. The van der Waals surface area contributed by atoms with Crippen LogP contribution < -0.4 is 0 Å². The van der Waals surface area contributed by atoms with E-state index < -0.39 is 70.3 Å². The fourth-order valence-electron chi connectivity index (χ4n) is 6.33. The molecule has 2 aliphatic rings. The predicted molar refractivity (Wildman–Crippen MR) is 172 cm³/mol. The minimum absolute atomic E-state index is 0.0365. The van der Waals surface area contributed by atoms with Crippen LogP contribution in [0.25, 0.3) is 0 Å². The highest BCUT2D eigenvalue weighted by atomic mass is 19.4. The van der Waals surface area contributed by atoms with Gasteiger partial charge in [0.1, 0.15) is 12.2 Å². The molecule has 51 heavy (non-hydrogen) atoms. The summed E-state index contributed by atoms with van der Waals surface area (Å²) in [6.45, 7) is 4.97. The molecule has 2 heterocycles. The van der Waals surface area contributed by atoms with Gasteiger partial charge < -0.3 is 19.1 Å². The maximum Gasteiger partial charge on any atom is 0.417 e. The molecule has 2 aliphatic heterocycles. The molecule has 2 fully saturated rings. The molecule has 8 nitrogen and oxygen atoms in total. The van der Waals surface area contributed by atoms with Crippen LogP contribution in [0.1, 0.15) is 67.5 Å². The van der Waals surface area contributed by atoms with Gasteiger partial charge in [-0.1, -0.05) is 60.7 Å². The second-order valence-electron chi connectivity index (χ2n) is 13.8. The lowest BCUT2D eigenvalue weighted by Crippen LogP contribution is -2.49. The summed E-state index contributed by atoms with van der Waals surface area (Å²) in [5, 5.41) is 0. The number of likely N-dealkylation sites (tertiary alicyclic amines) is 1. The van der Waals surface area contributed by atoms with Crippen molar-refractivity contribution in [2.24, 2.45) is 0 Å². The predicted octanol–water partition coefficient (Wildman–Crippen LogP) is 8.34. The normalized spacial score (nSPS) is 18.7. The van der Waals surface area contributed by atoms with Crippen LogP contribution >= 0.6 is 0 Å². The Kier molecular flexibility index (Phi) is 10.8. The van der Waals surface area contributed by atoms with Crippen molar-refractivity contribution in [2.75, 3.05) is 26.3 Å². The number of nitrogens with zero attached hydrogens (tertiary/aromatic N) is 2. The highest BCUT2D eigenvalue weighted by Gasteiger charge is 2.46. The Morgan fingerprint density at radius 2 is 1.41 bits per heavy atom. The number of carbonyl (C=O) groups excluding carboxylic acids is 3. The number of halogens is 6. The first-order chi connectivity index (χ1) is 23.9. The molecule has 0 saturated carbocycles. The highest BCUT2D eigenvalue weighted by Crippen LogP contribution is 2.41. The number of hydrogen-bond donors (Lipinski definition) is 0. The van der Waals surface area contributed by atoms with Crippen molar-refractivity contribution in [3.63, 3.8) is 0 Å². The van der Waals surface area contributed by atoms with E-state index in [0.717, 1.165) is 5.56 Å². The van der Waals surface area contributed by atoms with Crippen LogP contribution in [0.15, 0.2) is 78.9 Å². The SMILES string of the molecule is CC(C)(C)OC(=O)N1CCC(COC(C(=O)N2C(=O)OC[C@H]2Cc2ccccc2)c2cc(C(F)(F)F)cc(C(F)(F)F)c2)(c2ccccc2)CC1. The van der Waals surface area contributed by atoms with Gasteiger partial charge in [0.25, 0.3) is 5.91 Å². The zero-order valence-electron chi connectivity index (χ0n) is 28.2. The first-order valence-electron chi connectivity index (χ1n) is 16.3. The van der Waals surface area contributed by atoms with E-state index in [9.17, 15) is 40.7 Å². The van der Waals surface area contributed by atoms with Crippen LogP contribution in [0, 0.1) is 0 Å². The Labute approximate surface area is 291 Å². The number of carbonyl (C=O) groups is 3. The van der Waals surface area contributed by atoms with Gasteiger partial charge in [-0.3, -0.25) is 4.79 Å². The molecule has 2 atom stereocenters. The van der Waals surface area contributed by atoms with E-state index in [2.05, 4.69) is 0 Å². The molecule has 274 valence electrons. The molecule has 0 spiro atoms. The second kappa shape index (κ2) is 14.6. The Balaban J connectivity index is 1.54. The minimum atomic E-state index is -5.20. The van der Waals surface area contributed by atoms with Gasteiger partial charge in [-0.05, 0) is 74.9 Å². The second-order valence-corrected chi connectivity index (χ2v) is 13.8. The Hall–Kier alpha value is -4.59. The molecule has 0 radical (unpaired) electrons. The third-order valence-electron chi connectivity index (χ3n) is 8.93. The average molecular weight is 721 g/mol. The van der Waals surface area contributed by atoms with E-state index in [1.165, 1.54) is 4.90 Å². The number of benzene rings is 3. The van der Waals surface area contributed by atoms with Gasteiger partial charge in [-0.2, -0.15) is 26.3 Å². The highest BCUT2D eigenvalue weighted by molar-refractivity contribution is 5.96. The van der Waals surface area contributed by atoms with Crippen LogP contribution in [0.2, 0.25) is 0 Å². The number of imide groups is 1. The Morgan fingerprint density at radius 1 is 0.863 bits per heavy atom. The van der Waals surface area contributed by atoms with E-state index in [-0.39, 0.29) is 51.6 Å². The zero-order valence-corrected chi connectivity index (χ0v) is 28.2. The summed E-state index contributed by atoms with van der Waals surface area (Å²) < 4.78 is 101. The Morgan fingerprint density at radius 3 is 1.94 bits per heavy atom. The summed E-state index contributed by atoms with van der Waals surface area (Å²) in [6, 6.07) is 17.5. The summed E-state index contributed by atoms with van der Waals surface area (Å²) in [4.78, 5) is 42.4. The van der Waals surface area contributed by atoms with Crippen LogP contribution in [-0.4, -0.2) is 65.8 Å². The topological polar surface area (TPSA) is 85.4 Å². The van der Waals surface area contributed by atoms with Gasteiger partial charge in [-0.15, -0.1) is 0 Å². The number of ether oxygens (including phenoxy) is 3. The van der Waals surface area contributed by atoms with Crippen molar-refractivity contribution in [3.05, 3.63) is 107 Å². The summed E-state index contributed by atoms with van der Waals surface area (Å²) in [5.74, 6) is -1.17. The van der Waals surface area contributed by atoms with Crippen LogP contribution in [0.3, 0.4) is 0 Å². The molecule has 2 saturated heterocycles. The zero-order chi connectivity index (χ0) is 37.2. The first kappa shape index (κ1) is 37.7. The number of alkyl halides is 6. The van der Waals surface area contributed by atoms with Crippen LogP contribution in [-0.2, 0) is 43.2 Å². The average Bonchev–Trinajstić information content (AvgIpc) is 3.43. The van der Waals surface area contributed by atoms with Gasteiger partial charge in [-0.25, -0.2) is 14.5 Å². The van der Waals surface area contributed by atoms with E-state index in [0.29, 0.717) is 22.6 Å². The van der Waals surface area contributed by atoms with E-state index in [4.69, 9.17) is 14.2 Å². The molecule has 0 aliphatic carbocycles. The monoisotopic (exact) mass is 720 g/mol. The van der Waals surface area contributed by atoms with Gasteiger partial charge in [0.05, 0.1) is 23.8 Å². The summed E-state index contributed by atoms with van der Waals surface area (Å²) in [7, 11) is 0. The van der Waals surface area contributed by atoms with E-state index in [1.54, 1.807) is 81.4 Å². The van der Waals surface area contributed by atoms with Crippen molar-refractivity contribution < 1.29 is 54.9 Å². The molecule has 3 amide bonds. The standard InChI is InChI=1S/C37H38F6N2O6/c1-34(2,3)51-32(47)44-16-14-35(15-17-44,26-12-8-5-9-13-26)23-50-30(25-19-27(36(38,39)40)21-28(20-25)37(41,42)43)31(46)45-29(22-49-33(45)48)18-24-10-6-4-7-11-24/h4-13,19-21,29-30H,14-18,22-23H2,1-3H3/t29-,30?/m1/s1. The molecular formula is C37H38F6N2O6. The number of amides is 3. The molecular weight excluding hydrogens is 682 g/mol. The van der Waals surface area contributed by atoms with Crippen LogP contribution in [0.4, 0.5) is 35.9 Å². The summed E-state index contributed by atoms with van der Waals surface area (Å²) >= 11 is 0. The molecule has 0 aromatic heterocycles. The van der Waals surface area contributed by atoms with Crippen LogP contribution in [0.5, 0.6) is 0 Å². The molecule has 3 aromatic rings. The molecule has 5 rings (SSSR count). The molecule has 0 bridgehead atoms. The minimum Gasteiger partial charge on any atom is -0.447 e. The fourth-order valence-corrected chi connectivity index (χ4v) is 6.33.